The first-order chi connectivity index (χ1) is 7.92. The van der Waals surface area contributed by atoms with Crippen molar-refractivity contribution in [3.05, 3.63) is 0 Å². The van der Waals surface area contributed by atoms with Gasteiger partial charge in [0, 0.05) is 6.42 Å². The highest BCUT2D eigenvalue weighted by atomic mass is 16.6. The third kappa shape index (κ3) is 1.82. The van der Waals surface area contributed by atoms with E-state index in [1.165, 1.54) is 0 Å². The molecule has 5 heteroatoms. The van der Waals surface area contributed by atoms with Crippen LogP contribution in [0, 0.1) is 5.92 Å². The molecule has 3 unspecified atom stereocenters. The SMILES string of the molecule is CC1(C(N)=O)OC12CCCCC2CCC(=O)O. The summed E-state index contributed by atoms with van der Waals surface area (Å²) in [6.07, 6.45) is 4.53. The largest absolute Gasteiger partial charge is 0.481 e. The van der Waals surface area contributed by atoms with E-state index in [1.807, 2.05) is 0 Å². The summed E-state index contributed by atoms with van der Waals surface area (Å²) < 4.78 is 5.67. The number of nitrogens with two attached hydrogens (primary N) is 1. The Morgan fingerprint density at radius 1 is 1.47 bits per heavy atom. The van der Waals surface area contributed by atoms with Gasteiger partial charge in [-0.05, 0) is 32.1 Å². The number of ether oxygens (including phenoxy) is 1. The smallest absolute Gasteiger partial charge is 0.303 e. The summed E-state index contributed by atoms with van der Waals surface area (Å²) in [6, 6.07) is 0. The fourth-order valence-electron chi connectivity index (χ4n) is 3.25. The van der Waals surface area contributed by atoms with Crippen LogP contribution in [0.5, 0.6) is 0 Å². The molecule has 0 aromatic rings. The lowest BCUT2D eigenvalue weighted by Crippen LogP contribution is -2.42. The van der Waals surface area contributed by atoms with E-state index in [2.05, 4.69) is 0 Å². The zero-order valence-corrected chi connectivity index (χ0v) is 10.1. The molecule has 2 aliphatic rings. The molecular weight excluding hydrogens is 222 g/mol. The van der Waals surface area contributed by atoms with Crippen LogP contribution in [0.15, 0.2) is 0 Å². The Bertz CT molecular complexity index is 356. The number of hydrogen-bond donors (Lipinski definition) is 2. The van der Waals surface area contributed by atoms with E-state index in [0.29, 0.717) is 6.42 Å². The van der Waals surface area contributed by atoms with E-state index in [9.17, 15) is 9.59 Å². The lowest BCUT2D eigenvalue weighted by atomic mass is 9.71. The predicted molar refractivity (Wildman–Crippen MR) is 60.2 cm³/mol. The van der Waals surface area contributed by atoms with Crippen molar-refractivity contribution in [2.24, 2.45) is 11.7 Å². The van der Waals surface area contributed by atoms with Gasteiger partial charge in [-0.2, -0.15) is 0 Å². The van der Waals surface area contributed by atoms with Crippen molar-refractivity contribution in [2.45, 2.75) is 56.7 Å². The Hall–Kier alpha value is -1.10. The Morgan fingerprint density at radius 3 is 2.71 bits per heavy atom. The van der Waals surface area contributed by atoms with Crippen LogP contribution in [0.2, 0.25) is 0 Å². The van der Waals surface area contributed by atoms with Gasteiger partial charge in [-0.3, -0.25) is 9.59 Å². The molecule has 2 fully saturated rings. The van der Waals surface area contributed by atoms with Crippen molar-refractivity contribution >= 4 is 11.9 Å². The normalized spacial score (nSPS) is 40.2. The van der Waals surface area contributed by atoms with E-state index in [4.69, 9.17) is 15.6 Å². The van der Waals surface area contributed by atoms with E-state index in [1.54, 1.807) is 6.92 Å². The third-order valence-corrected chi connectivity index (χ3v) is 4.34. The molecule has 1 amide bonds. The lowest BCUT2D eigenvalue weighted by molar-refractivity contribution is -0.137. The highest BCUT2D eigenvalue weighted by Gasteiger charge is 2.73. The molecule has 17 heavy (non-hydrogen) atoms. The molecule has 3 atom stereocenters. The number of primary amides is 1. The van der Waals surface area contributed by atoms with Crippen molar-refractivity contribution < 1.29 is 19.4 Å². The number of amides is 1. The molecule has 0 bridgehead atoms. The second-order valence-corrected chi connectivity index (χ2v) is 5.26. The zero-order valence-electron chi connectivity index (χ0n) is 10.1. The molecule has 1 heterocycles. The van der Waals surface area contributed by atoms with Gasteiger partial charge < -0.3 is 15.6 Å². The molecule has 1 saturated carbocycles. The minimum atomic E-state index is -0.878. The highest BCUT2D eigenvalue weighted by Crippen LogP contribution is 2.60. The van der Waals surface area contributed by atoms with Crippen molar-refractivity contribution in [1.29, 1.82) is 0 Å². The lowest BCUT2D eigenvalue weighted by Gasteiger charge is -2.30. The molecule has 1 aliphatic heterocycles. The van der Waals surface area contributed by atoms with Gasteiger partial charge in [0.1, 0.15) is 5.60 Å². The van der Waals surface area contributed by atoms with Crippen molar-refractivity contribution in [1.82, 2.24) is 0 Å². The van der Waals surface area contributed by atoms with Gasteiger partial charge in [0.15, 0.2) is 5.60 Å². The van der Waals surface area contributed by atoms with Gasteiger partial charge in [-0.1, -0.05) is 12.8 Å². The molecule has 96 valence electrons. The van der Waals surface area contributed by atoms with E-state index < -0.39 is 23.1 Å². The van der Waals surface area contributed by atoms with Crippen LogP contribution >= 0.6 is 0 Å². The summed E-state index contributed by atoms with van der Waals surface area (Å²) in [5, 5.41) is 8.74. The Kier molecular flexibility index (Phi) is 2.89. The summed E-state index contributed by atoms with van der Waals surface area (Å²) in [5.74, 6) is -1.09. The molecule has 1 saturated heterocycles. The van der Waals surface area contributed by atoms with Crippen LogP contribution in [0.4, 0.5) is 0 Å². The molecule has 2 rings (SSSR count). The molecule has 3 N–H and O–H groups in total. The summed E-state index contributed by atoms with van der Waals surface area (Å²) in [5.41, 5.74) is 4.02. The predicted octanol–water partition coefficient (Wildman–Crippen LogP) is 1.05. The number of rotatable bonds is 4. The van der Waals surface area contributed by atoms with Crippen molar-refractivity contribution in [3.8, 4) is 0 Å². The van der Waals surface area contributed by atoms with Crippen LogP contribution in [0.1, 0.15) is 45.4 Å². The minimum Gasteiger partial charge on any atom is -0.481 e. The zero-order chi connectivity index (χ0) is 12.7. The van der Waals surface area contributed by atoms with Gasteiger partial charge >= 0.3 is 5.97 Å². The summed E-state index contributed by atoms with van der Waals surface area (Å²) in [4.78, 5) is 22.1. The van der Waals surface area contributed by atoms with Crippen LogP contribution in [0.25, 0.3) is 0 Å². The van der Waals surface area contributed by atoms with Gasteiger partial charge in [-0.15, -0.1) is 0 Å². The monoisotopic (exact) mass is 241 g/mol. The van der Waals surface area contributed by atoms with Gasteiger partial charge in [0.25, 0.3) is 5.91 Å². The number of carboxylic acid groups (broad SMARTS) is 1. The Morgan fingerprint density at radius 2 is 2.18 bits per heavy atom. The second-order valence-electron chi connectivity index (χ2n) is 5.26. The molecule has 0 radical (unpaired) electrons. The third-order valence-electron chi connectivity index (χ3n) is 4.34. The van der Waals surface area contributed by atoms with Gasteiger partial charge in [-0.25, -0.2) is 0 Å². The first-order valence-corrected chi connectivity index (χ1v) is 6.14. The highest BCUT2D eigenvalue weighted by molar-refractivity contribution is 5.88. The van der Waals surface area contributed by atoms with Crippen molar-refractivity contribution in [3.63, 3.8) is 0 Å². The Balaban J connectivity index is 2.09. The number of carboxylic acids is 1. The molecule has 5 nitrogen and oxygen atoms in total. The number of carbonyl (C=O) groups excluding carboxylic acids is 1. The number of carbonyl (C=O) groups is 2. The maximum absolute atomic E-state index is 11.4. The van der Waals surface area contributed by atoms with E-state index in [0.717, 1.165) is 25.7 Å². The molecule has 0 aromatic carbocycles. The van der Waals surface area contributed by atoms with Crippen LogP contribution in [0.3, 0.4) is 0 Å². The summed E-state index contributed by atoms with van der Waals surface area (Å²) in [7, 11) is 0. The minimum absolute atomic E-state index is 0.130. The Labute approximate surface area is 100 Å². The summed E-state index contributed by atoms with van der Waals surface area (Å²) in [6.45, 7) is 1.73. The van der Waals surface area contributed by atoms with E-state index >= 15 is 0 Å². The van der Waals surface area contributed by atoms with Crippen molar-refractivity contribution in [2.75, 3.05) is 0 Å². The van der Waals surface area contributed by atoms with Crippen LogP contribution < -0.4 is 5.73 Å². The van der Waals surface area contributed by atoms with Crippen LogP contribution in [-0.4, -0.2) is 28.2 Å². The number of epoxide rings is 1. The average Bonchev–Trinajstić information content (AvgIpc) is 2.85. The first-order valence-electron chi connectivity index (χ1n) is 6.14. The topological polar surface area (TPSA) is 92.9 Å². The molecule has 0 aromatic heterocycles. The maximum atomic E-state index is 11.4. The standard InChI is InChI=1S/C12H19NO4/c1-11(10(13)16)12(17-11)7-3-2-4-8(12)5-6-9(14)15/h8H,2-7H2,1H3,(H2,13,16)(H,14,15). The fraction of sp³-hybridized carbons (Fsp3) is 0.833. The van der Waals surface area contributed by atoms with E-state index in [-0.39, 0.29) is 12.3 Å². The maximum Gasteiger partial charge on any atom is 0.303 e. The van der Waals surface area contributed by atoms with Gasteiger partial charge in [0.2, 0.25) is 0 Å². The van der Waals surface area contributed by atoms with Gasteiger partial charge in [0.05, 0.1) is 0 Å². The molecular formula is C12H19NO4. The fourth-order valence-corrected chi connectivity index (χ4v) is 3.25. The number of aliphatic carboxylic acids is 1. The van der Waals surface area contributed by atoms with Crippen LogP contribution in [-0.2, 0) is 14.3 Å². The second kappa shape index (κ2) is 3.98. The average molecular weight is 241 g/mol. The molecule has 1 aliphatic carbocycles. The quantitative estimate of drug-likeness (QED) is 0.719. The molecule has 1 spiro atoms. The number of hydrogen-bond acceptors (Lipinski definition) is 3. The summed E-state index contributed by atoms with van der Waals surface area (Å²) >= 11 is 0. The first kappa shape index (κ1) is 12.4.